The normalized spacial score (nSPS) is 16.5. The molecule has 1 fully saturated rings. The van der Waals surface area contributed by atoms with E-state index < -0.39 is 0 Å². The van der Waals surface area contributed by atoms with Crippen molar-refractivity contribution in [1.29, 1.82) is 0 Å². The molecule has 1 aromatic rings. The van der Waals surface area contributed by atoms with Crippen LogP contribution in [0.5, 0.6) is 0 Å². The number of nitrogens with one attached hydrogen (secondary N) is 2. The molecule has 1 aliphatic carbocycles. The minimum atomic E-state index is 0.580. The maximum Gasteiger partial charge on any atom is 0.133 e. The summed E-state index contributed by atoms with van der Waals surface area (Å²) in [6.45, 7) is 5.31. The minimum Gasteiger partial charge on any atom is -0.370 e. The number of nitrogens with zero attached hydrogens (tertiary/aromatic N) is 2. The zero-order chi connectivity index (χ0) is 14.9. The first-order chi connectivity index (χ1) is 10.3. The Bertz CT molecular complexity index is 411. The van der Waals surface area contributed by atoms with Crippen LogP contribution >= 0.6 is 0 Å². The first-order valence-electron chi connectivity index (χ1n) is 8.70. The Hall–Kier alpha value is -1.32. The smallest absolute Gasteiger partial charge is 0.133 e. The Morgan fingerprint density at radius 1 is 1.00 bits per heavy atom. The van der Waals surface area contributed by atoms with Gasteiger partial charge in [-0.2, -0.15) is 0 Å². The highest BCUT2D eigenvalue weighted by Gasteiger charge is 2.13. The van der Waals surface area contributed by atoms with Gasteiger partial charge in [0.1, 0.15) is 17.5 Å². The average Bonchev–Trinajstić information content (AvgIpc) is 2.74. The molecule has 118 valence electrons. The third kappa shape index (κ3) is 5.52. The topological polar surface area (TPSA) is 49.8 Å². The lowest BCUT2D eigenvalue weighted by molar-refractivity contribution is 0.616. The lowest BCUT2D eigenvalue weighted by atomic mass is 10.1. The van der Waals surface area contributed by atoms with Gasteiger partial charge >= 0.3 is 0 Å². The van der Waals surface area contributed by atoms with E-state index in [-0.39, 0.29) is 0 Å². The van der Waals surface area contributed by atoms with Crippen molar-refractivity contribution in [2.75, 3.05) is 17.2 Å². The molecule has 1 heterocycles. The van der Waals surface area contributed by atoms with Crippen LogP contribution in [0.4, 0.5) is 11.6 Å². The van der Waals surface area contributed by atoms with Crippen LogP contribution in [0.25, 0.3) is 0 Å². The molecular formula is C17H30N4. The summed E-state index contributed by atoms with van der Waals surface area (Å²) in [5.41, 5.74) is 0. The molecule has 0 unspecified atom stereocenters. The highest BCUT2D eigenvalue weighted by Crippen LogP contribution is 2.21. The maximum atomic E-state index is 4.69. The Balaban J connectivity index is 2.06. The SMILES string of the molecule is CCCNc1cc(NC2CCCCCC2)nc(CCC)n1. The summed E-state index contributed by atoms with van der Waals surface area (Å²) in [7, 11) is 0. The third-order valence-electron chi connectivity index (χ3n) is 4.01. The lowest BCUT2D eigenvalue weighted by Gasteiger charge is -2.18. The molecule has 21 heavy (non-hydrogen) atoms. The van der Waals surface area contributed by atoms with E-state index >= 15 is 0 Å². The predicted octanol–water partition coefficient (Wildman–Crippen LogP) is 4.39. The van der Waals surface area contributed by atoms with Crippen molar-refractivity contribution in [1.82, 2.24) is 9.97 Å². The molecule has 0 atom stereocenters. The summed E-state index contributed by atoms with van der Waals surface area (Å²) >= 11 is 0. The number of hydrogen-bond donors (Lipinski definition) is 2. The van der Waals surface area contributed by atoms with Gasteiger partial charge in [-0.25, -0.2) is 9.97 Å². The van der Waals surface area contributed by atoms with Gasteiger partial charge in [-0.15, -0.1) is 0 Å². The number of anilines is 2. The fourth-order valence-electron chi connectivity index (χ4n) is 2.88. The van der Waals surface area contributed by atoms with E-state index in [0.717, 1.165) is 43.3 Å². The van der Waals surface area contributed by atoms with E-state index in [4.69, 9.17) is 4.98 Å². The number of rotatable bonds is 7. The van der Waals surface area contributed by atoms with Crippen molar-refractivity contribution in [2.45, 2.75) is 77.7 Å². The van der Waals surface area contributed by atoms with Crippen LogP contribution in [0.15, 0.2) is 6.07 Å². The van der Waals surface area contributed by atoms with Crippen LogP contribution in [0.3, 0.4) is 0 Å². The van der Waals surface area contributed by atoms with Crippen LogP contribution in [0.2, 0.25) is 0 Å². The van der Waals surface area contributed by atoms with Crippen molar-refractivity contribution in [2.24, 2.45) is 0 Å². The Labute approximate surface area is 129 Å². The zero-order valence-corrected chi connectivity index (χ0v) is 13.6. The van der Waals surface area contributed by atoms with Crippen molar-refractivity contribution in [3.05, 3.63) is 11.9 Å². The van der Waals surface area contributed by atoms with Gasteiger partial charge < -0.3 is 10.6 Å². The molecule has 1 saturated carbocycles. The summed E-state index contributed by atoms with van der Waals surface area (Å²) in [6.07, 6.45) is 11.1. The first kappa shape index (κ1) is 16.1. The number of hydrogen-bond acceptors (Lipinski definition) is 4. The lowest BCUT2D eigenvalue weighted by Crippen LogP contribution is -2.20. The first-order valence-corrected chi connectivity index (χ1v) is 8.70. The molecule has 2 rings (SSSR count). The van der Waals surface area contributed by atoms with E-state index in [1.54, 1.807) is 0 Å². The highest BCUT2D eigenvalue weighted by atomic mass is 15.1. The molecule has 0 bridgehead atoms. The Morgan fingerprint density at radius 2 is 1.71 bits per heavy atom. The van der Waals surface area contributed by atoms with Gasteiger partial charge in [0.05, 0.1) is 0 Å². The summed E-state index contributed by atoms with van der Waals surface area (Å²) in [5, 5.41) is 7.04. The monoisotopic (exact) mass is 290 g/mol. The number of aryl methyl sites for hydroxylation is 1. The molecule has 2 N–H and O–H groups in total. The van der Waals surface area contributed by atoms with Gasteiger partial charge in [0.25, 0.3) is 0 Å². The fraction of sp³-hybridized carbons (Fsp3) is 0.765. The molecule has 4 nitrogen and oxygen atoms in total. The summed E-state index contributed by atoms with van der Waals surface area (Å²) in [6, 6.07) is 2.65. The molecule has 0 aromatic carbocycles. The van der Waals surface area contributed by atoms with E-state index in [1.165, 1.54) is 38.5 Å². The second-order valence-corrected chi connectivity index (χ2v) is 6.06. The second-order valence-electron chi connectivity index (χ2n) is 6.06. The molecule has 0 aliphatic heterocycles. The van der Waals surface area contributed by atoms with Crippen molar-refractivity contribution in [3.63, 3.8) is 0 Å². The Morgan fingerprint density at radius 3 is 2.38 bits per heavy atom. The third-order valence-corrected chi connectivity index (χ3v) is 4.01. The Kier molecular flexibility index (Phi) is 6.77. The van der Waals surface area contributed by atoms with Gasteiger partial charge in [0.2, 0.25) is 0 Å². The fourth-order valence-corrected chi connectivity index (χ4v) is 2.88. The quantitative estimate of drug-likeness (QED) is 0.731. The molecule has 0 spiro atoms. The molecule has 1 aromatic heterocycles. The van der Waals surface area contributed by atoms with E-state index in [2.05, 4.69) is 35.5 Å². The molecule has 0 amide bonds. The van der Waals surface area contributed by atoms with Gasteiger partial charge in [-0.05, 0) is 25.7 Å². The average molecular weight is 290 g/mol. The van der Waals surface area contributed by atoms with Crippen LogP contribution in [0.1, 0.15) is 71.0 Å². The summed E-state index contributed by atoms with van der Waals surface area (Å²) in [4.78, 5) is 9.30. The summed E-state index contributed by atoms with van der Waals surface area (Å²) < 4.78 is 0. The van der Waals surface area contributed by atoms with E-state index in [0.29, 0.717) is 6.04 Å². The zero-order valence-electron chi connectivity index (χ0n) is 13.6. The van der Waals surface area contributed by atoms with Crippen molar-refractivity contribution in [3.8, 4) is 0 Å². The van der Waals surface area contributed by atoms with Crippen molar-refractivity contribution < 1.29 is 0 Å². The van der Waals surface area contributed by atoms with Crippen LogP contribution < -0.4 is 10.6 Å². The maximum absolute atomic E-state index is 4.69. The molecule has 1 aliphatic rings. The molecule has 0 radical (unpaired) electrons. The largest absolute Gasteiger partial charge is 0.370 e. The van der Waals surface area contributed by atoms with E-state index in [9.17, 15) is 0 Å². The van der Waals surface area contributed by atoms with E-state index in [1.807, 2.05) is 0 Å². The van der Waals surface area contributed by atoms with Crippen molar-refractivity contribution >= 4 is 11.6 Å². The van der Waals surface area contributed by atoms with Gasteiger partial charge in [0, 0.05) is 25.1 Å². The molecule has 0 saturated heterocycles. The van der Waals surface area contributed by atoms with Crippen LogP contribution in [-0.2, 0) is 6.42 Å². The van der Waals surface area contributed by atoms with Gasteiger partial charge in [-0.1, -0.05) is 39.5 Å². The predicted molar refractivity (Wildman–Crippen MR) is 89.9 cm³/mol. The van der Waals surface area contributed by atoms with Crippen LogP contribution in [0, 0.1) is 0 Å². The minimum absolute atomic E-state index is 0.580. The van der Waals surface area contributed by atoms with Crippen LogP contribution in [-0.4, -0.2) is 22.6 Å². The highest BCUT2D eigenvalue weighted by molar-refractivity contribution is 5.48. The number of aromatic nitrogens is 2. The van der Waals surface area contributed by atoms with Gasteiger partial charge in [-0.3, -0.25) is 0 Å². The standard InChI is InChI=1S/C17H30N4/c1-3-9-15-20-16(18-12-4-2)13-17(21-15)19-14-10-7-5-6-8-11-14/h13-14H,3-12H2,1-2H3,(H2,18,19,20,21). The van der Waals surface area contributed by atoms with Gasteiger partial charge in [0.15, 0.2) is 0 Å². The molecule has 4 heteroatoms. The second kappa shape index (κ2) is 8.85. The summed E-state index contributed by atoms with van der Waals surface area (Å²) in [5.74, 6) is 2.92. The molecular weight excluding hydrogens is 260 g/mol.